The van der Waals surface area contributed by atoms with E-state index >= 15 is 0 Å². The van der Waals surface area contributed by atoms with E-state index in [9.17, 15) is 4.79 Å². The molecule has 0 unspecified atom stereocenters. The molecule has 0 spiro atoms. The second kappa shape index (κ2) is 1.71. The van der Waals surface area contributed by atoms with Crippen molar-refractivity contribution in [2.24, 2.45) is 0 Å². The molecule has 3 N–H and O–H groups in total. The Balaban J connectivity index is 2.63. The molecule has 1 aromatic rings. The first-order valence-electron chi connectivity index (χ1n) is 2.65. The van der Waals surface area contributed by atoms with Crippen LogP contribution in [0.15, 0.2) is 11.0 Å². The average molecular weight is 138 g/mol. The van der Waals surface area contributed by atoms with Crippen molar-refractivity contribution in [3.8, 4) is 0 Å². The third kappa shape index (κ3) is 0.627. The van der Waals surface area contributed by atoms with Crippen LogP contribution in [-0.4, -0.2) is 9.66 Å². The molecule has 6 nitrogen and oxygen atoms in total. The molecule has 0 saturated carbocycles. The highest BCUT2D eigenvalue weighted by molar-refractivity contribution is 5.27. The van der Waals surface area contributed by atoms with Gasteiger partial charge in [-0.05, 0) is 0 Å². The molecule has 1 aromatic heterocycles. The molecule has 51 valence electrons. The van der Waals surface area contributed by atoms with E-state index in [1.165, 1.54) is 10.9 Å². The van der Waals surface area contributed by atoms with E-state index in [1.54, 1.807) is 0 Å². The van der Waals surface area contributed by atoms with Crippen LogP contribution in [0, 0.1) is 6.07 Å². The maximum Gasteiger partial charge on any atom is 0.282 e. The largest absolute Gasteiger partial charge is 0.282 e. The van der Waals surface area contributed by atoms with Gasteiger partial charge in [-0.2, -0.15) is 4.98 Å². The molecule has 0 saturated heterocycles. The zero-order valence-electron chi connectivity index (χ0n) is 4.88. The summed E-state index contributed by atoms with van der Waals surface area (Å²) in [5, 5.41) is 0. The first-order valence-corrected chi connectivity index (χ1v) is 2.65. The molecule has 0 atom stereocenters. The second-order valence-electron chi connectivity index (χ2n) is 1.75. The topological polar surface area (TPSA) is 71.0 Å². The number of nitrogens with zero attached hydrogens (tertiary/aromatic N) is 2. The smallest absolute Gasteiger partial charge is 0.270 e. The Morgan fingerprint density at radius 3 is 3.50 bits per heavy atom. The number of hydrogen-bond donors (Lipinski definition) is 3. The fourth-order valence-corrected chi connectivity index (χ4v) is 0.681. The van der Waals surface area contributed by atoms with Gasteiger partial charge in [0.15, 0.2) is 0 Å². The average Bonchev–Trinajstić information content (AvgIpc) is 2.33. The molecular formula is C4H4N5O. The maximum atomic E-state index is 10.6. The summed E-state index contributed by atoms with van der Waals surface area (Å²) in [6.07, 6.45) is 1.46. The van der Waals surface area contributed by atoms with Gasteiger partial charge in [0.05, 0.1) is 6.07 Å². The lowest BCUT2D eigenvalue weighted by Gasteiger charge is -1.95. The van der Waals surface area contributed by atoms with Crippen molar-refractivity contribution in [2.45, 2.75) is 0 Å². The predicted octanol–water partition coefficient (Wildman–Crippen LogP) is -1.57. The number of nitrogens with one attached hydrogen (secondary N) is 3. The normalized spacial score (nSPS) is 13.6. The van der Waals surface area contributed by atoms with E-state index in [1.807, 2.05) is 0 Å². The van der Waals surface area contributed by atoms with E-state index in [-0.39, 0.29) is 5.56 Å². The van der Waals surface area contributed by atoms with Crippen LogP contribution in [0.3, 0.4) is 0 Å². The Hall–Kier alpha value is -1.56. The standard InChI is InChI=1S/C4H4N5O/c10-3-1-2-9-4(5-3)6-7-8-9/h2,7-8H,(H,5,6,10). The van der Waals surface area contributed by atoms with Crippen molar-refractivity contribution < 1.29 is 0 Å². The van der Waals surface area contributed by atoms with Crippen molar-refractivity contribution in [2.75, 3.05) is 11.0 Å². The van der Waals surface area contributed by atoms with E-state index < -0.39 is 0 Å². The summed E-state index contributed by atoms with van der Waals surface area (Å²) >= 11 is 0. The van der Waals surface area contributed by atoms with Crippen LogP contribution in [0.1, 0.15) is 0 Å². The number of hydrogen-bond acceptors (Lipinski definition) is 5. The number of aromatic nitrogens is 2. The van der Waals surface area contributed by atoms with Crippen molar-refractivity contribution in [1.82, 2.24) is 15.2 Å². The predicted molar refractivity (Wildman–Crippen MR) is 33.5 cm³/mol. The Labute approximate surface area is 55.8 Å². The number of anilines is 1. The fourth-order valence-electron chi connectivity index (χ4n) is 0.681. The fraction of sp³-hybridized carbons (Fsp3) is 0. The van der Waals surface area contributed by atoms with Gasteiger partial charge in [-0.3, -0.25) is 10.2 Å². The summed E-state index contributed by atoms with van der Waals surface area (Å²) in [5.74, 6) is 0.434. The van der Waals surface area contributed by atoms with Gasteiger partial charge < -0.3 is 0 Å². The summed E-state index contributed by atoms with van der Waals surface area (Å²) in [5.41, 5.74) is 7.43. The molecule has 0 bridgehead atoms. The molecule has 1 radical (unpaired) electrons. The van der Waals surface area contributed by atoms with Crippen LogP contribution >= 0.6 is 0 Å². The molecule has 6 heteroatoms. The van der Waals surface area contributed by atoms with Gasteiger partial charge in [0.25, 0.3) is 5.56 Å². The number of hydrazine groups is 2. The molecule has 2 rings (SSSR count). The summed E-state index contributed by atoms with van der Waals surface area (Å²) in [7, 11) is 0. The maximum absolute atomic E-state index is 10.6. The molecule has 1 aliphatic rings. The molecule has 10 heavy (non-hydrogen) atoms. The van der Waals surface area contributed by atoms with Gasteiger partial charge in [0.1, 0.15) is 0 Å². The summed E-state index contributed by atoms with van der Waals surface area (Å²) < 4.78 is 1.50. The quantitative estimate of drug-likeness (QED) is 0.404. The lowest BCUT2D eigenvalue weighted by atomic mass is 10.6. The minimum absolute atomic E-state index is 0.385. The van der Waals surface area contributed by atoms with Crippen molar-refractivity contribution in [3.05, 3.63) is 22.6 Å². The summed E-state index contributed by atoms with van der Waals surface area (Å²) in [6.45, 7) is 0. The van der Waals surface area contributed by atoms with Crippen molar-refractivity contribution in [3.63, 3.8) is 0 Å². The van der Waals surface area contributed by atoms with Crippen LogP contribution in [0.2, 0.25) is 0 Å². The first kappa shape index (κ1) is 5.24. The van der Waals surface area contributed by atoms with Gasteiger partial charge in [-0.1, -0.05) is 0 Å². The summed E-state index contributed by atoms with van der Waals surface area (Å²) in [4.78, 5) is 14.1. The third-order valence-corrected chi connectivity index (χ3v) is 1.10. The Morgan fingerprint density at radius 1 is 1.70 bits per heavy atom. The van der Waals surface area contributed by atoms with Gasteiger partial charge in [-0.25, -0.2) is 10.2 Å². The molecule has 0 aromatic carbocycles. The first-order chi connectivity index (χ1) is 4.86. The van der Waals surface area contributed by atoms with Crippen molar-refractivity contribution in [1.29, 1.82) is 0 Å². The molecule has 0 fully saturated rings. The molecule has 0 amide bonds. The van der Waals surface area contributed by atoms with Crippen molar-refractivity contribution >= 4 is 5.95 Å². The Kier molecular flexibility index (Phi) is 0.896. The van der Waals surface area contributed by atoms with Crippen LogP contribution in [0.5, 0.6) is 0 Å². The Bertz CT molecular complexity index is 305. The number of rotatable bonds is 0. The van der Waals surface area contributed by atoms with Gasteiger partial charge in [0, 0.05) is 6.20 Å². The zero-order valence-corrected chi connectivity index (χ0v) is 4.88. The molecule has 1 aliphatic heterocycles. The van der Waals surface area contributed by atoms with Gasteiger partial charge in [-0.15, -0.1) is 5.53 Å². The van der Waals surface area contributed by atoms with E-state index in [0.717, 1.165) is 0 Å². The highest BCUT2D eigenvalue weighted by atomic mass is 16.1. The highest BCUT2D eigenvalue weighted by Crippen LogP contribution is 1.97. The van der Waals surface area contributed by atoms with Gasteiger partial charge >= 0.3 is 0 Å². The molecule has 2 heterocycles. The minimum Gasteiger partial charge on any atom is -0.270 e. The lowest BCUT2D eigenvalue weighted by Crippen LogP contribution is -2.23. The zero-order chi connectivity index (χ0) is 6.97. The summed E-state index contributed by atoms with van der Waals surface area (Å²) in [6, 6.07) is 2.39. The lowest BCUT2D eigenvalue weighted by molar-refractivity contribution is 0.840. The Morgan fingerprint density at radius 2 is 2.60 bits per heavy atom. The highest BCUT2D eigenvalue weighted by Gasteiger charge is 2.06. The monoisotopic (exact) mass is 138 g/mol. The minimum atomic E-state index is -0.385. The van der Waals surface area contributed by atoms with Crippen LogP contribution in [0.25, 0.3) is 0 Å². The van der Waals surface area contributed by atoms with E-state index in [4.69, 9.17) is 0 Å². The van der Waals surface area contributed by atoms with E-state index in [0.29, 0.717) is 5.95 Å². The van der Waals surface area contributed by atoms with Crippen LogP contribution in [-0.2, 0) is 0 Å². The molecular weight excluding hydrogens is 134 g/mol. The molecule has 0 aliphatic carbocycles. The SMILES string of the molecule is O=c1[c]cn2c(n1)NNN2. The number of fused-ring (bicyclic) bond motifs is 1. The van der Waals surface area contributed by atoms with E-state index in [2.05, 4.69) is 27.5 Å². The van der Waals surface area contributed by atoms with Crippen LogP contribution < -0.4 is 22.1 Å². The van der Waals surface area contributed by atoms with Crippen LogP contribution in [0.4, 0.5) is 5.95 Å². The van der Waals surface area contributed by atoms with Gasteiger partial charge in [0.2, 0.25) is 5.95 Å². The second-order valence-corrected chi connectivity index (χ2v) is 1.75. The third-order valence-electron chi connectivity index (χ3n) is 1.10.